The molecular formula is C17H24F2O3. The van der Waals surface area contributed by atoms with Crippen LogP contribution in [0.15, 0.2) is 30.3 Å². The smallest absolute Gasteiger partial charge is 0.385 e. The molecule has 0 spiro atoms. The molecule has 0 bridgehead atoms. The highest BCUT2D eigenvalue weighted by atomic mass is 19.2. The van der Waals surface area contributed by atoms with Gasteiger partial charge >= 0.3 is 11.8 Å². The van der Waals surface area contributed by atoms with Crippen molar-refractivity contribution in [1.82, 2.24) is 0 Å². The molecular weight excluding hydrogens is 290 g/mol. The lowest BCUT2D eigenvalue weighted by Crippen LogP contribution is -2.48. The van der Waals surface area contributed by atoms with Crippen molar-refractivity contribution in [2.75, 3.05) is 0 Å². The summed E-state index contributed by atoms with van der Waals surface area (Å²) in [4.78, 5) is 11.1. The van der Waals surface area contributed by atoms with Gasteiger partial charge < -0.3 is 9.84 Å². The average molecular weight is 314 g/mol. The lowest BCUT2D eigenvalue weighted by atomic mass is 10.0. The molecule has 0 heterocycles. The maximum absolute atomic E-state index is 14.4. The van der Waals surface area contributed by atoms with E-state index in [1.165, 1.54) is 12.1 Å². The van der Waals surface area contributed by atoms with Crippen LogP contribution >= 0.6 is 0 Å². The zero-order chi connectivity index (χ0) is 16.4. The molecule has 1 aromatic rings. The summed E-state index contributed by atoms with van der Waals surface area (Å²) < 4.78 is 33.3. The molecule has 124 valence electrons. The van der Waals surface area contributed by atoms with Gasteiger partial charge in [0.25, 0.3) is 0 Å². The number of hydrogen-bond donors (Lipinski definition) is 1. The van der Waals surface area contributed by atoms with Crippen LogP contribution in [0.25, 0.3) is 0 Å². The summed E-state index contributed by atoms with van der Waals surface area (Å²) in [6.45, 7) is 2.10. The minimum Gasteiger partial charge on any atom is -0.476 e. The highest BCUT2D eigenvalue weighted by Gasteiger charge is 2.50. The van der Waals surface area contributed by atoms with E-state index in [9.17, 15) is 13.6 Å². The fourth-order valence-corrected chi connectivity index (χ4v) is 2.19. The van der Waals surface area contributed by atoms with Crippen LogP contribution in [0.3, 0.4) is 0 Å². The molecule has 0 radical (unpaired) electrons. The molecule has 1 rings (SSSR count). The lowest BCUT2D eigenvalue weighted by molar-refractivity contribution is -0.187. The van der Waals surface area contributed by atoms with Crippen LogP contribution < -0.4 is 4.74 Å². The highest BCUT2D eigenvalue weighted by Crippen LogP contribution is 2.28. The van der Waals surface area contributed by atoms with Gasteiger partial charge in [0, 0.05) is 0 Å². The second kappa shape index (κ2) is 9.38. The molecule has 0 fully saturated rings. The predicted octanol–water partition coefficient (Wildman–Crippen LogP) is 4.90. The van der Waals surface area contributed by atoms with Crippen LogP contribution in [0.2, 0.25) is 0 Å². The molecule has 1 aromatic carbocycles. The van der Waals surface area contributed by atoms with E-state index in [0.29, 0.717) is 6.42 Å². The zero-order valence-corrected chi connectivity index (χ0v) is 12.9. The van der Waals surface area contributed by atoms with Crippen LogP contribution in [-0.2, 0) is 4.79 Å². The summed E-state index contributed by atoms with van der Waals surface area (Å²) in [5, 5.41) is 9.00. The Morgan fingerprint density at radius 2 is 1.77 bits per heavy atom. The fraction of sp³-hybridized carbons (Fsp3) is 0.588. The summed E-state index contributed by atoms with van der Waals surface area (Å²) in [6.07, 6.45) is 3.10. The summed E-state index contributed by atoms with van der Waals surface area (Å²) in [6, 6.07) is 7.61. The van der Waals surface area contributed by atoms with Crippen LogP contribution in [0.4, 0.5) is 8.78 Å². The molecule has 1 N–H and O–H groups in total. The van der Waals surface area contributed by atoms with Crippen LogP contribution in [0.1, 0.15) is 51.9 Å². The minimum absolute atomic E-state index is 0.00186. The van der Waals surface area contributed by atoms with Gasteiger partial charge in [0.1, 0.15) is 5.75 Å². The third-order valence-corrected chi connectivity index (χ3v) is 3.52. The van der Waals surface area contributed by atoms with Gasteiger partial charge in [0.15, 0.2) is 6.17 Å². The van der Waals surface area contributed by atoms with Crippen LogP contribution in [0, 0.1) is 0 Å². The first kappa shape index (κ1) is 18.4. The topological polar surface area (TPSA) is 46.5 Å². The zero-order valence-electron chi connectivity index (χ0n) is 12.9. The van der Waals surface area contributed by atoms with Crippen molar-refractivity contribution in [3.63, 3.8) is 0 Å². The maximum atomic E-state index is 14.4. The Labute approximate surface area is 130 Å². The van der Waals surface area contributed by atoms with Gasteiger partial charge in [-0.2, -0.15) is 4.39 Å². The second-order valence-electron chi connectivity index (χ2n) is 5.39. The quantitative estimate of drug-likeness (QED) is 0.591. The molecule has 0 saturated carbocycles. The summed E-state index contributed by atoms with van der Waals surface area (Å²) in [5.41, 5.74) is 0. The van der Waals surface area contributed by atoms with E-state index in [1.54, 1.807) is 18.2 Å². The van der Waals surface area contributed by atoms with E-state index in [4.69, 9.17) is 9.84 Å². The molecule has 0 aliphatic rings. The molecule has 3 nitrogen and oxygen atoms in total. The van der Waals surface area contributed by atoms with Crippen molar-refractivity contribution in [3.05, 3.63) is 30.3 Å². The van der Waals surface area contributed by atoms with Crippen molar-refractivity contribution in [2.45, 2.75) is 63.9 Å². The predicted molar refractivity (Wildman–Crippen MR) is 81.4 cm³/mol. The van der Waals surface area contributed by atoms with Crippen molar-refractivity contribution in [1.29, 1.82) is 0 Å². The van der Waals surface area contributed by atoms with Crippen molar-refractivity contribution >= 4 is 5.97 Å². The van der Waals surface area contributed by atoms with Gasteiger partial charge in [-0.25, -0.2) is 9.18 Å². The van der Waals surface area contributed by atoms with E-state index in [-0.39, 0.29) is 12.2 Å². The van der Waals surface area contributed by atoms with E-state index in [1.807, 2.05) is 0 Å². The first-order chi connectivity index (χ1) is 10.5. The first-order valence-electron chi connectivity index (χ1n) is 7.81. The number of carboxylic acids is 1. The Morgan fingerprint density at radius 3 is 2.36 bits per heavy atom. The van der Waals surface area contributed by atoms with Gasteiger partial charge in [0.2, 0.25) is 0 Å². The Hall–Kier alpha value is -1.65. The van der Waals surface area contributed by atoms with Crippen LogP contribution in [-0.4, -0.2) is 23.1 Å². The molecule has 2 unspecified atom stereocenters. The molecule has 0 aromatic heterocycles. The number of alkyl halides is 2. The van der Waals surface area contributed by atoms with Gasteiger partial charge in [-0.05, 0) is 18.6 Å². The van der Waals surface area contributed by atoms with Crippen molar-refractivity contribution in [3.8, 4) is 5.75 Å². The maximum Gasteiger partial charge on any atom is 0.385 e. The van der Waals surface area contributed by atoms with Crippen LogP contribution in [0.5, 0.6) is 5.75 Å². The standard InChI is InChI=1S/C17H24F2O3/c1-2-3-4-5-6-10-13-15(18)17(19,16(20)21)22-14-11-8-7-9-12-14/h7-9,11-12,15H,2-6,10,13H2,1H3,(H,20,21). The van der Waals surface area contributed by atoms with Gasteiger partial charge in [-0.15, -0.1) is 0 Å². The monoisotopic (exact) mass is 314 g/mol. The number of para-hydroxylation sites is 1. The first-order valence-corrected chi connectivity index (χ1v) is 7.81. The number of carbonyl (C=O) groups is 1. The second-order valence-corrected chi connectivity index (χ2v) is 5.39. The van der Waals surface area contributed by atoms with E-state index in [2.05, 4.69) is 6.92 Å². The largest absolute Gasteiger partial charge is 0.476 e. The summed E-state index contributed by atoms with van der Waals surface area (Å²) in [7, 11) is 0. The fourth-order valence-electron chi connectivity index (χ4n) is 2.19. The third-order valence-electron chi connectivity index (χ3n) is 3.52. The van der Waals surface area contributed by atoms with Crippen molar-refractivity contribution < 1.29 is 23.4 Å². The number of carboxylic acid groups (broad SMARTS) is 1. The third kappa shape index (κ3) is 5.62. The van der Waals surface area contributed by atoms with E-state index in [0.717, 1.165) is 32.1 Å². The van der Waals surface area contributed by atoms with Gasteiger partial charge in [0.05, 0.1) is 0 Å². The number of benzene rings is 1. The molecule has 0 aliphatic heterocycles. The minimum atomic E-state index is -3.34. The normalized spacial score (nSPS) is 15.0. The molecule has 5 heteroatoms. The molecule has 2 atom stereocenters. The number of rotatable bonds is 11. The van der Waals surface area contributed by atoms with Gasteiger partial charge in [-0.3, -0.25) is 0 Å². The Morgan fingerprint density at radius 1 is 1.18 bits per heavy atom. The number of unbranched alkanes of at least 4 members (excludes halogenated alkanes) is 5. The Kier molecular flexibility index (Phi) is 7.85. The number of ether oxygens (including phenoxy) is 1. The molecule has 0 amide bonds. The number of hydrogen-bond acceptors (Lipinski definition) is 2. The molecule has 0 saturated heterocycles. The number of halogens is 2. The van der Waals surface area contributed by atoms with E-state index < -0.39 is 18.0 Å². The average Bonchev–Trinajstić information content (AvgIpc) is 2.51. The molecule has 22 heavy (non-hydrogen) atoms. The Balaban J connectivity index is 2.52. The lowest BCUT2D eigenvalue weighted by Gasteiger charge is -2.25. The highest BCUT2D eigenvalue weighted by molar-refractivity contribution is 5.76. The number of aliphatic carboxylic acids is 1. The molecule has 0 aliphatic carbocycles. The SMILES string of the molecule is CCCCCCCCC(F)C(F)(Oc1ccccc1)C(=O)O. The van der Waals surface area contributed by atoms with Gasteiger partial charge in [-0.1, -0.05) is 63.6 Å². The summed E-state index contributed by atoms with van der Waals surface area (Å²) >= 11 is 0. The summed E-state index contributed by atoms with van der Waals surface area (Å²) in [5.74, 6) is -5.28. The van der Waals surface area contributed by atoms with E-state index >= 15 is 0 Å². The Bertz CT molecular complexity index is 439. The van der Waals surface area contributed by atoms with Crippen molar-refractivity contribution in [2.24, 2.45) is 0 Å².